The second kappa shape index (κ2) is 8.93. The van der Waals surface area contributed by atoms with Crippen LogP contribution in [0.1, 0.15) is 51.8 Å². The molecule has 0 spiro atoms. The first-order valence-corrected chi connectivity index (χ1v) is 7.47. The van der Waals surface area contributed by atoms with Gasteiger partial charge >= 0.3 is 0 Å². The predicted molar refractivity (Wildman–Crippen MR) is 82.3 cm³/mol. The van der Waals surface area contributed by atoms with Crippen molar-refractivity contribution >= 4 is 0 Å². The van der Waals surface area contributed by atoms with Crippen molar-refractivity contribution < 1.29 is 9.47 Å². The van der Waals surface area contributed by atoms with Crippen LogP contribution in [-0.2, 0) is 11.3 Å². The van der Waals surface area contributed by atoms with E-state index in [0.717, 1.165) is 12.2 Å². The Morgan fingerprint density at radius 2 is 1.90 bits per heavy atom. The maximum Gasteiger partial charge on any atom is 0.213 e. The SMILES string of the molecule is CCOCCOc1cc(CNC(C)C)cc(C(C)C)n1. The molecule has 1 N–H and O–H groups in total. The second-order valence-electron chi connectivity index (χ2n) is 5.47. The van der Waals surface area contributed by atoms with Gasteiger partial charge in [0, 0.05) is 31.0 Å². The molecule has 1 aromatic rings. The third-order valence-corrected chi connectivity index (χ3v) is 2.87. The molecule has 0 saturated heterocycles. The van der Waals surface area contributed by atoms with Gasteiger partial charge in [0.1, 0.15) is 6.61 Å². The fourth-order valence-electron chi connectivity index (χ4n) is 1.73. The zero-order chi connectivity index (χ0) is 15.0. The maximum atomic E-state index is 5.68. The number of nitrogens with one attached hydrogen (secondary N) is 1. The molecule has 114 valence electrons. The van der Waals surface area contributed by atoms with Crippen LogP contribution in [0.3, 0.4) is 0 Å². The maximum absolute atomic E-state index is 5.68. The van der Waals surface area contributed by atoms with Crippen LogP contribution in [0.25, 0.3) is 0 Å². The predicted octanol–water partition coefficient (Wildman–Crippen LogP) is 3.12. The topological polar surface area (TPSA) is 43.4 Å². The summed E-state index contributed by atoms with van der Waals surface area (Å²) in [5, 5.41) is 3.42. The molecule has 4 heteroatoms. The van der Waals surface area contributed by atoms with E-state index in [9.17, 15) is 0 Å². The van der Waals surface area contributed by atoms with E-state index in [4.69, 9.17) is 9.47 Å². The molecular weight excluding hydrogens is 252 g/mol. The van der Waals surface area contributed by atoms with E-state index >= 15 is 0 Å². The Kier molecular flexibility index (Phi) is 7.55. The van der Waals surface area contributed by atoms with Gasteiger partial charge in [0.25, 0.3) is 0 Å². The molecule has 0 aliphatic heterocycles. The molecule has 0 aliphatic rings. The number of ether oxygens (including phenoxy) is 2. The Bertz CT molecular complexity index is 392. The summed E-state index contributed by atoms with van der Waals surface area (Å²) in [7, 11) is 0. The van der Waals surface area contributed by atoms with Gasteiger partial charge in [0.15, 0.2) is 0 Å². The van der Waals surface area contributed by atoms with Gasteiger partial charge in [-0.25, -0.2) is 4.98 Å². The van der Waals surface area contributed by atoms with Gasteiger partial charge in [-0.1, -0.05) is 27.7 Å². The van der Waals surface area contributed by atoms with Crippen LogP contribution in [0, 0.1) is 0 Å². The van der Waals surface area contributed by atoms with Crippen LogP contribution in [0.2, 0.25) is 0 Å². The lowest BCUT2D eigenvalue weighted by Crippen LogP contribution is -2.22. The van der Waals surface area contributed by atoms with E-state index < -0.39 is 0 Å². The summed E-state index contributed by atoms with van der Waals surface area (Å²) in [6.07, 6.45) is 0. The molecule has 1 rings (SSSR count). The van der Waals surface area contributed by atoms with E-state index in [2.05, 4.69) is 44.1 Å². The molecule has 1 aromatic heterocycles. The summed E-state index contributed by atoms with van der Waals surface area (Å²) < 4.78 is 11.0. The normalized spacial score (nSPS) is 11.3. The molecule has 1 heterocycles. The first-order valence-electron chi connectivity index (χ1n) is 7.47. The van der Waals surface area contributed by atoms with Gasteiger partial charge in [0.2, 0.25) is 5.88 Å². The molecular formula is C16H28N2O2. The van der Waals surface area contributed by atoms with Crippen molar-refractivity contribution in [3.63, 3.8) is 0 Å². The quantitative estimate of drug-likeness (QED) is 0.706. The summed E-state index contributed by atoms with van der Waals surface area (Å²) in [4.78, 5) is 4.55. The fraction of sp³-hybridized carbons (Fsp3) is 0.688. The van der Waals surface area contributed by atoms with Crippen LogP contribution < -0.4 is 10.1 Å². The Morgan fingerprint density at radius 3 is 2.50 bits per heavy atom. The average Bonchev–Trinajstić information content (AvgIpc) is 2.41. The second-order valence-corrected chi connectivity index (χ2v) is 5.47. The monoisotopic (exact) mass is 280 g/mol. The van der Waals surface area contributed by atoms with Gasteiger partial charge in [0.05, 0.1) is 6.61 Å². The van der Waals surface area contributed by atoms with Gasteiger partial charge in [-0.05, 0) is 24.5 Å². The van der Waals surface area contributed by atoms with Crippen LogP contribution in [0.15, 0.2) is 12.1 Å². The molecule has 0 unspecified atom stereocenters. The number of hydrogen-bond acceptors (Lipinski definition) is 4. The van der Waals surface area contributed by atoms with Crippen molar-refractivity contribution in [1.29, 1.82) is 0 Å². The molecule has 0 aliphatic carbocycles. The van der Waals surface area contributed by atoms with Crippen molar-refractivity contribution in [2.45, 2.75) is 53.1 Å². The van der Waals surface area contributed by atoms with E-state index in [1.54, 1.807) is 0 Å². The highest BCUT2D eigenvalue weighted by molar-refractivity contribution is 5.26. The number of hydrogen-bond donors (Lipinski definition) is 1. The number of aromatic nitrogens is 1. The minimum atomic E-state index is 0.392. The number of nitrogens with zero attached hydrogens (tertiary/aromatic N) is 1. The highest BCUT2D eigenvalue weighted by atomic mass is 16.5. The lowest BCUT2D eigenvalue weighted by Gasteiger charge is -2.14. The molecule has 0 bridgehead atoms. The molecule has 0 amide bonds. The third kappa shape index (κ3) is 6.35. The van der Waals surface area contributed by atoms with E-state index in [1.165, 1.54) is 5.56 Å². The van der Waals surface area contributed by atoms with E-state index in [-0.39, 0.29) is 0 Å². The lowest BCUT2D eigenvalue weighted by atomic mass is 10.1. The Labute approximate surface area is 122 Å². The van der Waals surface area contributed by atoms with Crippen molar-refractivity contribution in [3.05, 3.63) is 23.4 Å². The van der Waals surface area contributed by atoms with Crippen molar-refractivity contribution in [3.8, 4) is 5.88 Å². The van der Waals surface area contributed by atoms with Crippen molar-refractivity contribution in [1.82, 2.24) is 10.3 Å². The molecule has 0 saturated carbocycles. The molecule has 4 nitrogen and oxygen atoms in total. The summed E-state index contributed by atoms with van der Waals surface area (Å²) >= 11 is 0. The third-order valence-electron chi connectivity index (χ3n) is 2.87. The molecule has 20 heavy (non-hydrogen) atoms. The molecule has 0 radical (unpaired) electrons. The first-order chi connectivity index (χ1) is 9.52. The fourth-order valence-corrected chi connectivity index (χ4v) is 1.73. The summed E-state index contributed by atoms with van der Waals surface area (Å²) in [6, 6.07) is 4.62. The average molecular weight is 280 g/mol. The van der Waals surface area contributed by atoms with Crippen LogP contribution >= 0.6 is 0 Å². The highest BCUT2D eigenvalue weighted by Gasteiger charge is 2.07. The van der Waals surface area contributed by atoms with Crippen molar-refractivity contribution in [2.75, 3.05) is 19.8 Å². The standard InChI is InChI=1S/C16H28N2O2/c1-6-19-7-8-20-16-10-14(11-17-13(4)5)9-15(18-16)12(2)3/h9-10,12-13,17H,6-8,11H2,1-5H3. The smallest absolute Gasteiger partial charge is 0.213 e. The van der Waals surface area contributed by atoms with Crippen LogP contribution in [0.4, 0.5) is 0 Å². The van der Waals surface area contributed by atoms with E-state index in [0.29, 0.717) is 37.7 Å². The summed E-state index contributed by atoms with van der Waals surface area (Å²) in [6.45, 7) is 13.2. The van der Waals surface area contributed by atoms with Crippen LogP contribution in [0.5, 0.6) is 5.88 Å². The minimum Gasteiger partial charge on any atom is -0.475 e. The largest absolute Gasteiger partial charge is 0.475 e. The molecule has 0 fully saturated rings. The number of rotatable bonds is 9. The van der Waals surface area contributed by atoms with Crippen molar-refractivity contribution in [2.24, 2.45) is 0 Å². The minimum absolute atomic E-state index is 0.392. The zero-order valence-corrected chi connectivity index (χ0v) is 13.4. The lowest BCUT2D eigenvalue weighted by molar-refractivity contribution is 0.108. The first kappa shape index (κ1) is 16.9. The Balaban J connectivity index is 2.71. The Morgan fingerprint density at radius 1 is 1.15 bits per heavy atom. The van der Waals surface area contributed by atoms with Gasteiger partial charge < -0.3 is 14.8 Å². The van der Waals surface area contributed by atoms with E-state index in [1.807, 2.05) is 13.0 Å². The number of pyridine rings is 1. The van der Waals surface area contributed by atoms with Gasteiger partial charge in [-0.3, -0.25) is 0 Å². The van der Waals surface area contributed by atoms with Gasteiger partial charge in [-0.15, -0.1) is 0 Å². The molecule has 0 aromatic carbocycles. The molecule has 0 atom stereocenters. The highest BCUT2D eigenvalue weighted by Crippen LogP contribution is 2.19. The van der Waals surface area contributed by atoms with Gasteiger partial charge in [-0.2, -0.15) is 0 Å². The van der Waals surface area contributed by atoms with Crippen LogP contribution in [-0.4, -0.2) is 30.8 Å². The summed E-state index contributed by atoms with van der Waals surface area (Å²) in [5.41, 5.74) is 2.28. The summed E-state index contributed by atoms with van der Waals surface area (Å²) in [5.74, 6) is 1.08. The Hall–Kier alpha value is -1.13. The zero-order valence-electron chi connectivity index (χ0n) is 13.4.